The monoisotopic (exact) mass is 389 g/mol. The summed E-state index contributed by atoms with van der Waals surface area (Å²) in [4.78, 5) is 13.0. The largest absolute Gasteiger partial charge is 0.347 e. The van der Waals surface area contributed by atoms with E-state index < -0.39 is 0 Å². The van der Waals surface area contributed by atoms with Crippen LogP contribution in [0, 0.1) is 0 Å². The molecule has 0 aliphatic carbocycles. The van der Waals surface area contributed by atoms with Crippen molar-refractivity contribution in [3.63, 3.8) is 0 Å². The minimum atomic E-state index is 0.0852. The first kappa shape index (κ1) is 17.0. The molecule has 0 radical (unpaired) electrons. The quantitative estimate of drug-likeness (QED) is 0.629. The van der Waals surface area contributed by atoms with Crippen LogP contribution in [0.1, 0.15) is 22.6 Å². The number of rotatable bonds is 3. The van der Waals surface area contributed by atoms with E-state index >= 15 is 0 Å². The van der Waals surface area contributed by atoms with Gasteiger partial charge in [0.1, 0.15) is 18.3 Å². The lowest BCUT2D eigenvalue weighted by Gasteiger charge is -2.10. The fourth-order valence-corrected chi connectivity index (χ4v) is 6.33. The second-order valence-corrected chi connectivity index (χ2v) is 9.61. The van der Waals surface area contributed by atoms with Gasteiger partial charge in [-0.3, -0.25) is 0 Å². The third kappa shape index (κ3) is 3.46. The Morgan fingerprint density at radius 1 is 1.24 bits per heavy atom. The first-order valence-electron chi connectivity index (χ1n) is 8.17. The zero-order valence-corrected chi connectivity index (χ0v) is 16.2. The molecular weight excluding hydrogens is 372 g/mol. The van der Waals surface area contributed by atoms with E-state index in [1.165, 1.54) is 0 Å². The minimum absolute atomic E-state index is 0.0852. The molecule has 3 nitrogen and oxygen atoms in total. The minimum Gasteiger partial charge on any atom is -0.240 e. The van der Waals surface area contributed by atoms with Gasteiger partial charge in [0.15, 0.2) is 0 Å². The summed E-state index contributed by atoms with van der Waals surface area (Å²) in [6.07, 6.45) is 3.89. The van der Waals surface area contributed by atoms with E-state index in [0.717, 1.165) is 27.5 Å². The third-order valence-corrected chi connectivity index (χ3v) is 7.84. The summed E-state index contributed by atoms with van der Waals surface area (Å²) in [6, 6.07) is 13.7. The van der Waals surface area contributed by atoms with Crippen LogP contribution in [0.3, 0.4) is 0 Å². The van der Waals surface area contributed by atoms with Crippen molar-refractivity contribution < 1.29 is 4.57 Å². The molecule has 25 heavy (non-hydrogen) atoms. The molecule has 128 valence electrons. The molecule has 3 heterocycles. The maximum absolute atomic E-state index is 13.0. The van der Waals surface area contributed by atoms with E-state index in [1.54, 1.807) is 4.40 Å². The zero-order valence-electron chi connectivity index (χ0n) is 13.8. The zero-order chi connectivity index (χ0) is 17.4. The number of hydrogen-bond acceptors (Lipinski definition) is 3. The Morgan fingerprint density at radius 2 is 2.04 bits per heavy atom. The molecule has 0 bridgehead atoms. The fraction of sp³-hybridized carbons (Fsp3) is 0.263. The number of benzene rings is 1. The lowest BCUT2D eigenvalue weighted by atomic mass is 10.2. The van der Waals surface area contributed by atoms with Gasteiger partial charge in [0.2, 0.25) is 0 Å². The normalized spacial score (nSPS) is 20.2. The van der Waals surface area contributed by atoms with Crippen LogP contribution in [0.5, 0.6) is 0 Å². The van der Waals surface area contributed by atoms with Gasteiger partial charge >= 0.3 is 5.56 Å². The van der Waals surface area contributed by atoms with Crippen LogP contribution in [-0.2, 0) is 6.54 Å². The van der Waals surface area contributed by atoms with E-state index in [-0.39, 0.29) is 10.1 Å². The van der Waals surface area contributed by atoms with Crippen LogP contribution < -0.4 is 10.1 Å². The number of nitrogens with zero attached hydrogens (tertiary/aromatic N) is 2. The third-order valence-electron chi connectivity index (χ3n) is 4.25. The second kappa shape index (κ2) is 7.06. The van der Waals surface area contributed by atoms with Crippen LogP contribution in [0.2, 0.25) is 5.02 Å². The molecule has 2 unspecified atom stereocenters. The number of halogens is 1. The molecule has 1 aromatic carbocycles. The Morgan fingerprint density at radius 3 is 2.76 bits per heavy atom. The molecule has 1 saturated heterocycles. The topological polar surface area (TPSA) is 25.4 Å². The van der Waals surface area contributed by atoms with Crippen LogP contribution >= 0.6 is 35.1 Å². The molecule has 3 aromatic rings. The fourth-order valence-electron chi connectivity index (χ4n) is 3.02. The highest BCUT2D eigenvalue weighted by Gasteiger charge is 2.30. The molecule has 6 heteroatoms. The first-order valence-corrected chi connectivity index (χ1v) is 10.5. The van der Waals surface area contributed by atoms with E-state index in [0.29, 0.717) is 11.8 Å². The highest BCUT2D eigenvalue weighted by Crippen LogP contribution is 2.47. The summed E-state index contributed by atoms with van der Waals surface area (Å²) in [7, 11) is 0. The maximum atomic E-state index is 13.0. The molecule has 1 aliphatic heterocycles. The van der Waals surface area contributed by atoms with Crippen molar-refractivity contribution >= 4 is 40.8 Å². The van der Waals surface area contributed by atoms with Gasteiger partial charge in [0.05, 0.1) is 10.8 Å². The van der Waals surface area contributed by atoms with Crippen molar-refractivity contribution in [3.05, 3.63) is 81.4 Å². The number of hydrogen-bond donors (Lipinski definition) is 0. The van der Waals surface area contributed by atoms with Crippen molar-refractivity contribution in [2.75, 3.05) is 5.75 Å². The number of aromatic nitrogens is 2. The van der Waals surface area contributed by atoms with Crippen LogP contribution in [0.4, 0.5) is 0 Å². The molecule has 2 aromatic heterocycles. The van der Waals surface area contributed by atoms with E-state index in [2.05, 4.69) is 11.5 Å². The molecule has 1 aliphatic rings. The van der Waals surface area contributed by atoms with Crippen molar-refractivity contribution in [2.45, 2.75) is 23.3 Å². The summed E-state index contributed by atoms with van der Waals surface area (Å²) in [5, 5.41) is 1.31. The summed E-state index contributed by atoms with van der Waals surface area (Å²) in [6.45, 7) is 2.92. The molecule has 0 spiro atoms. The first-order chi connectivity index (χ1) is 12.1. The van der Waals surface area contributed by atoms with E-state index in [9.17, 15) is 4.79 Å². The van der Waals surface area contributed by atoms with Crippen LogP contribution in [0.15, 0.2) is 59.7 Å². The Balaban J connectivity index is 1.83. The highest BCUT2D eigenvalue weighted by molar-refractivity contribution is 8.19. The number of pyridine rings is 1. The van der Waals surface area contributed by atoms with Gasteiger partial charge in [-0.1, -0.05) is 36.7 Å². The van der Waals surface area contributed by atoms with E-state index in [4.69, 9.17) is 11.6 Å². The van der Waals surface area contributed by atoms with Crippen molar-refractivity contribution in [1.82, 2.24) is 4.40 Å². The number of thioether (sulfide) groups is 2. The van der Waals surface area contributed by atoms with Gasteiger partial charge in [-0.25, -0.2) is 9.36 Å². The van der Waals surface area contributed by atoms with Crippen LogP contribution in [0.25, 0.3) is 5.65 Å². The average Bonchev–Trinajstić information content (AvgIpc) is 3.05. The van der Waals surface area contributed by atoms with Gasteiger partial charge in [0, 0.05) is 22.1 Å². The molecule has 0 amide bonds. The summed E-state index contributed by atoms with van der Waals surface area (Å²) < 4.78 is 4.12. The smallest absolute Gasteiger partial charge is 0.240 e. The lowest BCUT2D eigenvalue weighted by Crippen LogP contribution is -2.41. The molecule has 2 atom stereocenters. The predicted octanol–water partition coefficient (Wildman–Crippen LogP) is 4.16. The van der Waals surface area contributed by atoms with Gasteiger partial charge in [0.25, 0.3) is 5.65 Å². The van der Waals surface area contributed by atoms with Crippen molar-refractivity contribution in [3.8, 4) is 0 Å². The average molecular weight is 390 g/mol. The summed E-state index contributed by atoms with van der Waals surface area (Å²) in [5.74, 6) is 1.09. The maximum Gasteiger partial charge on any atom is 0.347 e. The molecule has 0 saturated carbocycles. The Kier molecular flexibility index (Phi) is 4.80. The standard InChI is InChI=1S/C19H18ClN2OS2/c1-13-12-24-19(25-13)16-11-21(10-14-5-7-15(20)8-6-14)17-4-2-3-9-22(17)18(16)23/h2-9,11,13,19H,10,12H2,1H3/q+1. The van der Waals surface area contributed by atoms with Gasteiger partial charge in [-0.2, -0.15) is 4.40 Å². The van der Waals surface area contributed by atoms with Crippen molar-refractivity contribution in [2.24, 2.45) is 0 Å². The van der Waals surface area contributed by atoms with Crippen molar-refractivity contribution in [1.29, 1.82) is 0 Å². The summed E-state index contributed by atoms with van der Waals surface area (Å²) >= 11 is 9.74. The van der Waals surface area contributed by atoms with Gasteiger partial charge in [-0.15, -0.1) is 23.5 Å². The Labute approximate surface area is 160 Å². The predicted molar refractivity (Wildman–Crippen MR) is 107 cm³/mol. The van der Waals surface area contributed by atoms with Gasteiger partial charge in [-0.05, 0) is 23.8 Å². The lowest BCUT2D eigenvalue weighted by molar-refractivity contribution is -0.666. The van der Waals surface area contributed by atoms with E-state index in [1.807, 2.05) is 78.4 Å². The SMILES string of the molecule is CC1CSC(c2c[n+](Cc3ccc(Cl)cc3)c3ccccn3c2=O)S1. The van der Waals surface area contributed by atoms with Crippen LogP contribution in [-0.4, -0.2) is 15.4 Å². The second-order valence-electron chi connectivity index (χ2n) is 6.18. The number of fused-ring (bicyclic) bond motifs is 1. The molecule has 4 rings (SSSR count). The summed E-state index contributed by atoms with van der Waals surface area (Å²) in [5.41, 5.74) is 3.01. The Bertz CT molecular complexity index is 971. The highest BCUT2D eigenvalue weighted by atomic mass is 35.5. The van der Waals surface area contributed by atoms with Gasteiger partial charge < -0.3 is 0 Å². The Hall–Kier alpha value is -1.43. The molecular formula is C19H18ClN2OS2+. The molecule has 1 fully saturated rings. The molecule has 0 N–H and O–H groups in total.